The van der Waals surface area contributed by atoms with E-state index >= 15 is 0 Å². The smallest absolute Gasteiger partial charge is 0.311 e. The number of halogens is 2. The molecule has 0 radical (unpaired) electrons. The molecule has 156 valence electrons. The van der Waals surface area contributed by atoms with Crippen LogP contribution in [-0.4, -0.2) is 28.0 Å². The summed E-state index contributed by atoms with van der Waals surface area (Å²) in [6.07, 6.45) is 2.46. The number of aromatic nitrogens is 2. The maximum atomic E-state index is 10.8. The maximum Gasteiger partial charge on any atom is 0.311 e. The average molecular weight is 447 g/mol. The lowest BCUT2D eigenvalue weighted by Crippen LogP contribution is -2.09. The van der Waals surface area contributed by atoms with Crippen molar-refractivity contribution in [3.05, 3.63) is 68.3 Å². The highest BCUT2D eigenvalue weighted by atomic mass is 35.5. The highest BCUT2D eigenvalue weighted by Gasteiger charge is 2.14. The second-order valence-corrected chi connectivity index (χ2v) is 7.27. The first kappa shape index (κ1) is 21.6. The van der Waals surface area contributed by atoms with E-state index in [0.717, 1.165) is 29.1 Å². The fourth-order valence-corrected chi connectivity index (χ4v) is 3.42. The summed E-state index contributed by atoms with van der Waals surface area (Å²) in [7, 11) is 0. The van der Waals surface area contributed by atoms with Crippen LogP contribution in [0.1, 0.15) is 12.5 Å². The zero-order chi connectivity index (χ0) is 21.7. The van der Waals surface area contributed by atoms with Crippen molar-refractivity contribution in [3.63, 3.8) is 0 Å². The first-order valence-electron chi connectivity index (χ1n) is 9.22. The Hall–Kier alpha value is -3.10. The largest absolute Gasteiger partial charge is 0.384 e. The molecule has 0 unspecified atom stereocenters. The first-order valence-corrected chi connectivity index (χ1v) is 9.97. The third-order valence-corrected chi connectivity index (χ3v) is 4.86. The van der Waals surface area contributed by atoms with Crippen LogP contribution in [0.3, 0.4) is 0 Å². The van der Waals surface area contributed by atoms with Crippen LogP contribution < -0.4 is 16.4 Å². The molecule has 0 bridgehead atoms. The van der Waals surface area contributed by atoms with Crippen LogP contribution in [0.5, 0.6) is 0 Å². The minimum Gasteiger partial charge on any atom is -0.384 e. The summed E-state index contributed by atoms with van der Waals surface area (Å²) in [4.78, 5) is 18.9. The van der Waals surface area contributed by atoms with Crippen LogP contribution >= 0.6 is 23.2 Å². The molecule has 0 atom stereocenters. The SMILES string of the molecule is CCNc1cc(CCNc2ccc([N+](=O)[O-])c(N)n2)cnc1-c1ccc(Cl)cc1Cl. The predicted octanol–water partition coefficient (Wildman–Crippen LogP) is 5.03. The van der Waals surface area contributed by atoms with Gasteiger partial charge in [0.05, 0.1) is 21.3 Å². The van der Waals surface area contributed by atoms with Gasteiger partial charge in [-0.05, 0) is 49.2 Å². The zero-order valence-corrected chi connectivity index (χ0v) is 17.7. The number of hydrogen-bond acceptors (Lipinski definition) is 7. The zero-order valence-electron chi connectivity index (χ0n) is 16.2. The van der Waals surface area contributed by atoms with Gasteiger partial charge in [-0.25, -0.2) is 4.98 Å². The molecule has 0 amide bonds. The molecular formula is C20H20Cl2N6O2. The van der Waals surface area contributed by atoms with Gasteiger partial charge in [-0.2, -0.15) is 0 Å². The van der Waals surface area contributed by atoms with Gasteiger partial charge in [0.2, 0.25) is 5.82 Å². The number of nitrogen functional groups attached to an aromatic ring is 1. The van der Waals surface area contributed by atoms with Crippen molar-refractivity contribution in [2.45, 2.75) is 13.3 Å². The molecule has 0 aliphatic rings. The number of hydrogen-bond donors (Lipinski definition) is 3. The van der Waals surface area contributed by atoms with E-state index in [1.807, 2.05) is 19.1 Å². The predicted molar refractivity (Wildman–Crippen MR) is 121 cm³/mol. The molecule has 0 fully saturated rings. The molecule has 2 aromatic heterocycles. The summed E-state index contributed by atoms with van der Waals surface area (Å²) in [6, 6.07) is 10.2. The quantitative estimate of drug-likeness (QED) is 0.327. The van der Waals surface area contributed by atoms with Crippen LogP contribution in [0, 0.1) is 10.1 Å². The number of nitrogens with two attached hydrogens (primary N) is 1. The van der Waals surface area contributed by atoms with Gasteiger partial charge in [-0.15, -0.1) is 0 Å². The topological polar surface area (TPSA) is 119 Å². The van der Waals surface area contributed by atoms with Crippen molar-refractivity contribution in [1.82, 2.24) is 9.97 Å². The van der Waals surface area contributed by atoms with E-state index in [0.29, 0.717) is 28.8 Å². The lowest BCUT2D eigenvalue weighted by molar-refractivity contribution is -0.384. The monoisotopic (exact) mass is 446 g/mol. The van der Waals surface area contributed by atoms with E-state index in [2.05, 4.69) is 20.6 Å². The number of nitro groups is 1. The molecule has 3 aromatic rings. The molecule has 30 heavy (non-hydrogen) atoms. The number of nitrogens with zero attached hydrogens (tertiary/aromatic N) is 3. The summed E-state index contributed by atoms with van der Waals surface area (Å²) >= 11 is 12.3. The van der Waals surface area contributed by atoms with Crippen LogP contribution in [-0.2, 0) is 6.42 Å². The van der Waals surface area contributed by atoms with Gasteiger partial charge in [-0.1, -0.05) is 23.2 Å². The highest BCUT2D eigenvalue weighted by Crippen LogP contribution is 2.34. The van der Waals surface area contributed by atoms with Gasteiger partial charge in [0, 0.05) is 35.9 Å². The molecule has 0 saturated heterocycles. The molecule has 0 saturated carbocycles. The number of rotatable bonds is 8. The Morgan fingerprint density at radius 2 is 1.97 bits per heavy atom. The Balaban J connectivity index is 1.73. The Kier molecular flexibility index (Phi) is 6.91. The first-order chi connectivity index (χ1) is 14.4. The normalized spacial score (nSPS) is 10.6. The minimum atomic E-state index is -0.561. The van der Waals surface area contributed by atoms with Gasteiger partial charge >= 0.3 is 5.69 Å². The van der Waals surface area contributed by atoms with Crippen LogP contribution in [0.4, 0.5) is 23.0 Å². The maximum absolute atomic E-state index is 10.8. The Morgan fingerprint density at radius 1 is 1.17 bits per heavy atom. The average Bonchev–Trinajstić information content (AvgIpc) is 2.69. The van der Waals surface area contributed by atoms with Crippen molar-refractivity contribution in [2.24, 2.45) is 0 Å². The van der Waals surface area contributed by atoms with Crippen molar-refractivity contribution in [2.75, 3.05) is 29.5 Å². The minimum absolute atomic E-state index is 0.120. The molecule has 10 heteroatoms. The molecule has 3 rings (SSSR count). The summed E-state index contributed by atoms with van der Waals surface area (Å²) in [5.74, 6) is 0.354. The van der Waals surface area contributed by atoms with Gasteiger partial charge < -0.3 is 16.4 Å². The molecule has 0 aliphatic heterocycles. The Bertz CT molecular complexity index is 1080. The van der Waals surface area contributed by atoms with E-state index in [4.69, 9.17) is 28.9 Å². The number of pyridine rings is 2. The third kappa shape index (κ3) is 5.08. The lowest BCUT2D eigenvalue weighted by atomic mass is 10.1. The summed E-state index contributed by atoms with van der Waals surface area (Å²) < 4.78 is 0. The number of benzene rings is 1. The van der Waals surface area contributed by atoms with Crippen LogP contribution in [0.15, 0.2) is 42.6 Å². The summed E-state index contributed by atoms with van der Waals surface area (Å²) in [5, 5.41) is 18.4. The number of anilines is 3. The van der Waals surface area contributed by atoms with E-state index in [-0.39, 0.29) is 11.5 Å². The van der Waals surface area contributed by atoms with Gasteiger partial charge in [0.1, 0.15) is 5.82 Å². The highest BCUT2D eigenvalue weighted by molar-refractivity contribution is 6.36. The third-order valence-electron chi connectivity index (χ3n) is 4.32. The summed E-state index contributed by atoms with van der Waals surface area (Å²) in [5.41, 5.74) is 8.83. The molecule has 8 nitrogen and oxygen atoms in total. The van der Waals surface area contributed by atoms with Crippen LogP contribution in [0.2, 0.25) is 10.0 Å². The fourth-order valence-electron chi connectivity index (χ4n) is 2.92. The molecule has 0 spiro atoms. The number of nitrogens with one attached hydrogen (secondary N) is 2. The standard InChI is InChI=1S/C20H20Cl2N6O2/c1-2-24-16-9-12(11-26-19(16)14-4-3-13(21)10-15(14)22)7-8-25-18-6-5-17(28(29)30)20(23)27-18/h3-6,9-11,24H,2,7-8H2,1H3,(H3,23,25,27). The molecule has 1 aromatic carbocycles. The Morgan fingerprint density at radius 3 is 2.63 bits per heavy atom. The molecular weight excluding hydrogens is 427 g/mol. The molecule has 2 heterocycles. The van der Waals surface area contributed by atoms with Crippen molar-refractivity contribution >= 4 is 46.2 Å². The van der Waals surface area contributed by atoms with E-state index in [1.54, 1.807) is 18.3 Å². The van der Waals surface area contributed by atoms with Gasteiger partial charge in [0.25, 0.3) is 0 Å². The lowest BCUT2D eigenvalue weighted by Gasteiger charge is -2.14. The van der Waals surface area contributed by atoms with Gasteiger partial charge in [-0.3, -0.25) is 15.1 Å². The van der Waals surface area contributed by atoms with E-state index < -0.39 is 4.92 Å². The summed E-state index contributed by atoms with van der Waals surface area (Å²) in [6.45, 7) is 3.29. The molecule has 0 aliphatic carbocycles. The Labute approximate surface area is 183 Å². The van der Waals surface area contributed by atoms with Crippen molar-refractivity contribution in [1.29, 1.82) is 0 Å². The van der Waals surface area contributed by atoms with Crippen molar-refractivity contribution in [3.8, 4) is 11.3 Å². The second kappa shape index (κ2) is 9.60. The van der Waals surface area contributed by atoms with E-state index in [9.17, 15) is 10.1 Å². The molecule has 4 N–H and O–H groups in total. The van der Waals surface area contributed by atoms with Crippen molar-refractivity contribution < 1.29 is 4.92 Å². The van der Waals surface area contributed by atoms with E-state index in [1.165, 1.54) is 12.1 Å². The van der Waals surface area contributed by atoms with Crippen LogP contribution in [0.25, 0.3) is 11.3 Å². The second-order valence-electron chi connectivity index (χ2n) is 6.43. The van der Waals surface area contributed by atoms with Gasteiger partial charge in [0.15, 0.2) is 0 Å². The fraction of sp³-hybridized carbons (Fsp3) is 0.200.